The average molecular weight is 351 g/mol. The molecule has 0 unspecified atom stereocenters. The van der Waals surface area contributed by atoms with Gasteiger partial charge in [-0.3, -0.25) is 4.98 Å². The van der Waals surface area contributed by atoms with Crippen LogP contribution in [0, 0.1) is 6.92 Å². The molecule has 112 valence electrons. The highest BCUT2D eigenvalue weighted by Gasteiger charge is 2.06. The number of aryl methyl sites for hydroxylation is 1. The van der Waals surface area contributed by atoms with E-state index in [2.05, 4.69) is 20.9 Å². The molecule has 0 spiro atoms. The lowest BCUT2D eigenvalue weighted by atomic mass is 10.1. The number of pyridine rings is 1. The summed E-state index contributed by atoms with van der Waals surface area (Å²) in [6.45, 7) is 2.92. The van der Waals surface area contributed by atoms with Gasteiger partial charge in [0.05, 0.1) is 12.8 Å². The topological polar surface area (TPSA) is 57.4 Å². The Balaban J connectivity index is 2.14. The van der Waals surface area contributed by atoms with Crippen molar-refractivity contribution < 1.29 is 9.47 Å². The van der Waals surface area contributed by atoms with Gasteiger partial charge in [0.25, 0.3) is 0 Å². The molecule has 0 amide bonds. The summed E-state index contributed by atoms with van der Waals surface area (Å²) in [7, 11) is 1.65. The summed E-state index contributed by atoms with van der Waals surface area (Å²) in [6.07, 6.45) is 0.777. The Kier molecular flexibility index (Phi) is 5.59. The van der Waals surface area contributed by atoms with E-state index in [-0.39, 0.29) is 0 Å². The van der Waals surface area contributed by atoms with Crippen molar-refractivity contribution in [3.8, 4) is 11.5 Å². The lowest BCUT2D eigenvalue weighted by molar-refractivity contribution is 0.296. The van der Waals surface area contributed by atoms with Crippen molar-refractivity contribution in [1.29, 1.82) is 0 Å². The largest absolute Gasteiger partial charge is 0.497 e. The van der Waals surface area contributed by atoms with E-state index in [0.717, 1.165) is 39.3 Å². The molecule has 0 saturated heterocycles. The van der Waals surface area contributed by atoms with Crippen LogP contribution in [-0.4, -0.2) is 18.6 Å². The molecule has 0 saturated carbocycles. The summed E-state index contributed by atoms with van der Waals surface area (Å²) in [5.41, 5.74) is 8.48. The second-order valence-corrected chi connectivity index (χ2v) is 5.63. The molecule has 4 nitrogen and oxygen atoms in total. The van der Waals surface area contributed by atoms with Crippen molar-refractivity contribution in [2.45, 2.75) is 20.0 Å². The van der Waals surface area contributed by atoms with Gasteiger partial charge in [0.2, 0.25) is 0 Å². The van der Waals surface area contributed by atoms with Crippen molar-refractivity contribution >= 4 is 15.9 Å². The standard InChI is InChI=1S/C16H19BrN2O2/c1-11-7-15(20-2)9-14(19-11)10-21-16-4-3-13(17)8-12(16)5-6-18/h3-4,7-9H,5-6,10,18H2,1-2H3. The summed E-state index contributed by atoms with van der Waals surface area (Å²) >= 11 is 3.47. The van der Waals surface area contributed by atoms with E-state index in [1.807, 2.05) is 37.3 Å². The van der Waals surface area contributed by atoms with E-state index in [1.54, 1.807) is 7.11 Å². The quantitative estimate of drug-likeness (QED) is 0.868. The first kappa shape index (κ1) is 15.8. The lowest BCUT2D eigenvalue weighted by Gasteiger charge is -2.12. The van der Waals surface area contributed by atoms with Crippen LogP contribution in [0.25, 0.3) is 0 Å². The molecular weight excluding hydrogens is 332 g/mol. The monoisotopic (exact) mass is 350 g/mol. The highest BCUT2D eigenvalue weighted by atomic mass is 79.9. The molecule has 2 N–H and O–H groups in total. The fraction of sp³-hybridized carbons (Fsp3) is 0.312. The van der Waals surface area contributed by atoms with Gasteiger partial charge in [0.15, 0.2) is 0 Å². The Bertz CT molecular complexity index is 617. The molecule has 0 radical (unpaired) electrons. The van der Waals surface area contributed by atoms with E-state index in [1.165, 1.54) is 0 Å². The van der Waals surface area contributed by atoms with Crippen molar-refractivity contribution in [2.24, 2.45) is 5.73 Å². The molecule has 0 atom stereocenters. The van der Waals surface area contributed by atoms with E-state index in [9.17, 15) is 0 Å². The van der Waals surface area contributed by atoms with E-state index >= 15 is 0 Å². The molecule has 0 aliphatic heterocycles. The molecule has 0 fully saturated rings. The zero-order chi connectivity index (χ0) is 15.2. The van der Waals surface area contributed by atoms with Crippen LogP contribution in [0.5, 0.6) is 11.5 Å². The molecule has 0 bridgehead atoms. The molecule has 2 rings (SSSR count). The predicted molar refractivity (Wildman–Crippen MR) is 86.8 cm³/mol. The number of hydrogen-bond acceptors (Lipinski definition) is 4. The van der Waals surface area contributed by atoms with Crippen molar-refractivity contribution in [2.75, 3.05) is 13.7 Å². The maximum atomic E-state index is 5.89. The zero-order valence-corrected chi connectivity index (χ0v) is 13.8. The molecule has 1 aromatic carbocycles. The maximum Gasteiger partial charge on any atom is 0.130 e. The minimum Gasteiger partial charge on any atom is -0.497 e. The summed E-state index contributed by atoms with van der Waals surface area (Å²) in [5.74, 6) is 1.63. The average Bonchev–Trinajstić information content (AvgIpc) is 2.46. The minimum atomic E-state index is 0.400. The summed E-state index contributed by atoms with van der Waals surface area (Å²) in [4.78, 5) is 4.45. The smallest absolute Gasteiger partial charge is 0.130 e. The molecule has 5 heteroatoms. The highest BCUT2D eigenvalue weighted by Crippen LogP contribution is 2.24. The molecule has 21 heavy (non-hydrogen) atoms. The third kappa shape index (κ3) is 4.44. The first-order valence-electron chi connectivity index (χ1n) is 6.75. The highest BCUT2D eigenvalue weighted by molar-refractivity contribution is 9.10. The SMILES string of the molecule is COc1cc(C)nc(COc2ccc(Br)cc2CCN)c1. The van der Waals surface area contributed by atoms with Crippen molar-refractivity contribution in [3.05, 3.63) is 51.8 Å². The van der Waals surface area contributed by atoms with Gasteiger partial charge >= 0.3 is 0 Å². The van der Waals surface area contributed by atoms with Crippen molar-refractivity contribution in [3.63, 3.8) is 0 Å². The number of halogens is 1. The number of ether oxygens (including phenoxy) is 2. The number of aromatic nitrogens is 1. The van der Waals surface area contributed by atoms with Gasteiger partial charge in [-0.15, -0.1) is 0 Å². The van der Waals surface area contributed by atoms with Crippen LogP contribution in [0.3, 0.4) is 0 Å². The number of methoxy groups -OCH3 is 1. The maximum absolute atomic E-state index is 5.89. The molecule has 0 aliphatic rings. The summed E-state index contributed by atoms with van der Waals surface area (Å²) < 4.78 is 12.2. The minimum absolute atomic E-state index is 0.400. The normalized spacial score (nSPS) is 10.5. The second-order valence-electron chi connectivity index (χ2n) is 4.72. The van der Waals surface area contributed by atoms with E-state index < -0.39 is 0 Å². The van der Waals surface area contributed by atoms with E-state index in [4.69, 9.17) is 15.2 Å². The number of nitrogens with two attached hydrogens (primary N) is 1. The first-order chi connectivity index (χ1) is 10.1. The van der Waals surface area contributed by atoms with Gasteiger partial charge in [0, 0.05) is 22.3 Å². The van der Waals surface area contributed by atoms with Gasteiger partial charge in [-0.05, 0) is 43.7 Å². The third-order valence-corrected chi connectivity index (χ3v) is 3.52. The third-order valence-electron chi connectivity index (χ3n) is 3.03. The van der Waals surface area contributed by atoms with Gasteiger partial charge in [0.1, 0.15) is 18.1 Å². The fourth-order valence-corrected chi connectivity index (χ4v) is 2.49. The van der Waals surface area contributed by atoms with Crippen LogP contribution < -0.4 is 15.2 Å². The number of hydrogen-bond donors (Lipinski definition) is 1. The predicted octanol–water partition coefficient (Wildman–Crippen LogP) is 3.24. The fourth-order valence-electron chi connectivity index (χ4n) is 2.09. The second kappa shape index (κ2) is 7.43. The zero-order valence-electron chi connectivity index (χ0n) is 12.2. The Hall–Kier alpha value is -1.59. The van der Waals surface area contributed by atoms with Crippen LogP contribution >= 0.6 is 15.9 Å². The summed E-state index contributed by atoms with van der Waals surface area (Å²) in [5, 5.41) is 0. The number of benzene rings is 1. The number of nitrogens with zero attached hydrogens (tertiary/aromatic N) is 1. The molecule has 1 aromatic heterocycles. The molecule has 1 heterocycles. The van der Waals surface area contributed by atoms with Crippen LogP contribution in [0.1, 0.15) is 17.0 Å². The molecule has 2 aromatic rings. The lowest BCUT2D eigenvalue weighted by Crippen LogP contribution is -2.06. The van der Waals surface area contributed by atoms with Crippen LogP contribution in [-0.2, 0) is 13.0 Å². The summed E-state index contributed by atoms with van der Waals surface area (Å²) in [6, 6.07) is 9.71. The van der Waals surface area contributed by atoms with Gasteiger partial charge < -0.3 is 15.2 Å². The Morgan fingerprint density at radius 3 is 2.76 bits per heavy atom. The number of rotatable bonds is 6. The first-order valence-corrected chi connectivity index (χ1v) is 7.54. The van der Waals surface area contributed by atoms with Gasteiger partial charge in [-0.2, -0.15) is 0 Å². The molecule has 0 aliphatic carbocycles. The van der Waals surface area contributed by atoms with Crippen LogP contribution in [0.2, 0.25) is 0 Å². The van der Waals surface area contributed by atoms with Gasteiger partial charge in [-0.1, -0.05) is 15.9 Å². The Morgan fingerprint density at radius 2 is 2.05 bits per heavy atom. The van der Waals surface area contributed by atoms with Crippen molar-refractivity contribution in [1.82, 2.24) is 4.98 Å². The van der Waals surface area contributed by atoms with Crippen LogP contribution in [0.4, 0.5) is 0 Å². The molecular formula is C16H19BrN2O2. The Labute approximate surface area is 133 Å². The van der Waals surface area contributed by atoms with Crippen LogP contribution in [0.15, 0.2) is 34.8 Å². The van der Waals surface area contributed by atoms with E-state index in [0.29, 0.717) is 13.2 Å². The van der Waals surface area contributed by atoms with Gasteiger partial charge in [-0.25, -0.2) is 0 Å². The Morgan fingerprint density at radius 1 is 1.24 bits per heavy atom.